The van der Waals surface area contributed by atoms with Gasteiger partial charge < -0.3 is 10.1 Å². The lowest BCUT2D eigenvalue weighted by Gasteiger charge is -2.08. The zero-order chi connectivity index (χ0) is 11.9. The molecule has 0 aliphatic heterocycles. The van der Waals surface area contributed by atoms with Crippen LogP contribution < -0.4 is 10.1 Å². The fourth-order valence-corrected chi connectivity index (χ4v) is 2.15. The molecule has 3 heteroatoms. The number of benzene rings is 1. The molecular weight excluding hydrogens is 230 g/mol. The lowest BCUT2D eigenvalue weighted by atomic mass is 10.2. The van der Waals surface area contributed by atoms with E-state index in [0.29, 0.717) is 0 Å². The second-order valence-corrected chi connectivity index (χ2v) is 4.64. The van der Waals surface area contributed by atoms with Gasteiger partial charge in [-0.3, -0.25) is 0 Å². The molecule has 0 spiro atoms. The van der Waals surface area contributed by atoms with Crippen LogP contribution in [0.2, 0.25) is 0 Å². The molecule has 1 heterocycles. The molecule has 0 aliphatic rings. The average molecular weight is 247 g/mol. The fourth-order valence-electron chi connectivity index (χ4n) is 1.53. The van der Waals surface area contributed by atoms with E-state index in [-0.39, 0.29) is 0 Å². The van der Waals surface area contributed by atoms with Crippen LogP contribution in [-0.4, -0.2) is 6.61 Å². The van der Waals surface area contributed by atoms with Crippen molar-refractivity contribution < 1.29 is 4.74 Å². The molecule has 90 valence electrons. The maximum absolute atomic E-state index is 5.61. The molecule has 1 N–H and O–H groups in total. The van der Waals surface area contributed by atoms with Crippen LogP contribution in [0.1, 0.15) is 18.9 Å². The number of rotatable bonds is 6. The van der Waals surface area contributed by atoms with Crippen LogP contribution in [0.3, 0.4) is 0 Å². The molecule has 0 fully saturated rings. The van der Waals surface area contributed by atoms with Gasteiger partial charge in [-0.25, -0.2) is 0 Å². The van der Waals surface area contributed by atoms with Gasteiger partial charge in [0.15, 0.2) is 0 Å². The van der Waals surface area contributed by atoms with Gasteiger partial charge in [0.05, 0.1) is 6.61 Å². The Morgan fingerprint density at radius 2 is 2.24 bits per heavy atom. The molecule has 2 rings (SSSR count). The lowest BCUT2D eigenvalue weighted by Crippen LogP contribution is -2.00. The summed E-state index contributed by atoms with van der Waals surface area (Å²) in [6.07, 6.45) is 1.04. The fraction of sp³-hybridized carbons (Fsp3) is 0.286. The first-order valence-corrected chi connectivity index (χ1v) is 6.80. The standard InChI is InChI=1S/C14H17NOS/c1-2-7-16-14-5-3-4-12(9-14)10-15-13-6-8-17-11-13/h3-6,8-9,11,15H,2,7,10H2,1H3. The summed E-state index contributed by atoms with van der Waals surface area (Å²) < 4.78 is 5.61. The highest BCUT2D eigenvalue weighted by molar-refractivity contribution is 7.08. The van der Waals surface area contributed by atoms with Gasteiger partial charge in [-0.15, -0.1) is 0 Å². The molecule has 0 amide bonds. The zero-order valence-corrected chi connectivity index (χ0v) is 10.8. The Labute approximate surface area is 106 Å². The van der Waals surface area contributed by atoms with Gasteiger partial charge in [0.1, 0.15) is 5.75 Å². The minimum atomic E-state index is 0.779. The Hall–Kier alpha value is -1.48. The summed E-state index contributed by atoms with van der Waals surface area (Å²) in [5, 5.41) is 7.56. The first kappa shape index (κ1) is 12.0. The SMILES string of the molecule is CCCOc1cccc(CNc2ccsc2)c1. The molecule has 17 heavy (non-hydrogen) atoms. The smallest absolute Gasteiger partial charge is 0.119 e. The van der Waals surface area contributed by atoms with E-state index in [2.05, 4.69) is 41.2 Å². The summed E-state index contributed by atoms with van der Waals surface area (Å²) in [6, 6.07) is 10.3. The molecule has 0 aliphatic carbocycles. The first-order chi connectivity index (χ1) is 8.38. The summed E-state index contributed by atoms with van der Waals surface area (Å²) in [5.41, 5.74) is 2.42. The van der Waals surface area contributed by atoms with Crippen molar-refractivity contribution in [2.24, 2.45) is 0 Å². The van der Waals surface area contributed by atoms with Crippen LogP contribution in [0.15, 0.2) is 41.1 Å². The minimum Gasteiger partial charge on any atom is -0.494 e. The van der Waals surface area contributed by atoms with Crippen LogP contribution in [0, 0.1) is 0 Å². The predicted octanol–water partition coefficient (Wildman–Crippen LogP) is 4.15. The monoisotopic (exact) mass is 247 g/mol. The van der Waals surface area contributed by atoms with E-state index < -0.39 is 0 Å². The van der Waals surface area contributed by atoms with E-state index in [9.17, 15) is 0 Å². The van der Waals surface area contributed by atoms with Crippen molar-refractivity contribution in [1.82, 2.24) is 0 Å². The summed E-state index contributed by atoms with van der Waals surface area (Å²) in [4.78, 5) is 0. The largest absolute Gasteiger partial charge is 0.494 e. The van der Waals surface area contributed by atoms with E-state index in [1.54, 1.807) is 11.3 Å². The van der Waals surface area contributed by atoms with E-state index in [4.69, 9.17) is 4.74 Å². The zero-order valence-electron chi connectivity index (χ0n) is 9.98. The lowest BCUT2D eigenvalue weighted by molar-refractivity contribution is 0.317. The molecule has 0 saturated heterocycles. The van der Waals surface area contributed by atoms with Crippen LogP contribution in [0.5, 0.6) is 5.75 Å². The molecule has 0 radical (unpaired) electrons. The third-order valence-corrected chi connectivity index (χ3v) is 3.07. The second-order valence-electron chi connectivity index (χ2n) is 3.86. The molecule has 1 aromatic heterocycles. The number of hydrogen-bond acceptors (Lipinski definition) is 3. The molecule has 0 unspecified atom stereocenters. The maximum atomic E-state index is 5.61. The van der Waals surface area contributed by atoms with Crippen molar-refractivity contribution in [3.8, 4) is 5.75 Å². The number of hydrogen-bond donors (Lipinski definition) is 1. The van der Waals surface area contributed by atoms with E-state index in [1.165, 1.54) is 11.3 Å². The number of anilines is 1. The predicted molar refractivity (Wildman–Crippen MR) is 73.9 cm³/mol. The van der Waals surface area contributed by atoms with E-state index in [1.807, 2.05) is 12.1 Å². The summed E-state index contributed by atoms with van der Waals surface area (Å²) in [5.74, 6) is 0.955. The molecule has 2 aromatic rings. The Bertz CT molecular complexity index is 439. The Morgan fingerprint density at radius 3 is 3.00 bits per heavy atom. The van der Waals surface area contributed by atoms with Gasteiger partial charge in [0.2, 0.25) is 0 Å². The van der Waals surface area contributed by atoms with Gasteiger partial charge in [0, 0.05) is 17.6 Å². The second kappa shape index (κ2) is 6.30. The maximum Gasteiger partial charge on any atom is 0.119 e. The first-order valence-electron chi connectivity index (χ1n) is 5.86. The van der Waals surface area contributed by atoms with Gasteiger partial charge >= 0.3 is 0 Å². The highest BCUT2D eigenvalue weighted by Gasteiger charge is 1.97. The van der Waals surface area contributed by atoms with Crippen LogP contribution >= 0.6 is 11.3 Å². The van der Waals surface area contributed by atoms with Crippen LogP contribution in [0.25, 0.3) is 0 Å². The Balaban J connectivity index is 1.91. The molecule has 2 nitrogen and oxygen atoms in total. The van der Waals surface area contributed by atoms with Crippen LogP contribution in [-0.2, 0) is 6.54 Å². The molecular formula is C14H17NOS. The molecule has 0 saturated carbocycles. The summed E-state index contributed by atoms with van der Waals surface area (Å²) in [6.45, 7) is 3.73. The van der Waals surface area contributed by atoms with Crippen molar-refractivity contribution in [2.75, 3.05) is 11.9 Å². The summed E-state index contributed by atoms with van der Waals surface area (Å²) >= 11 is 1.70. The van der Waals surface area contributed by atoms with E-state index in [0.717, 1.165) is 25.3 Å². The van der Waals surface area contributed by atoms with Gasteiger partial charge in [-0.1, -0.05) is 19.1 Å². The molecule has 1 aromatic carbocycles. The topological polar surface area (TPSA) is 21.3 Å². The number of thiophene rings is 1. The Kier molecular flexibility index (Phi) is 4.45. The van der Waals surface area contributed by atoms with Gasteiger partial charge in [0.25, 0.3) is 0 Å². The van der Waals surface area contributed by atoms with E-state index >= 15 is 0 Å². The highest BCUT2D eigenvalue weighted by atomic mass is 32.1. The van der Waals surface area contributed by atoms with Crippen molar-refractivity contribution in [3.63, 3.8) is 0 Å². The van der Waals surface area contributed by atoms with Crippen molar-refractivity contribution in [2.45, 2.75) is 19.9 Å². The van der Waals surface area contributed by atoms with Crippen molar-refractivity contribution in [1.29, 1.82) is 0 Å². The molecule has 0 atom stereocenters. The quantitative estimate of drug-likeness (QED) is 0.828. The minimum absolute atomic E-state index is 0.779. The molecule has 0 bridgehead atoms. The average Bonchev–Trinajstić information content (AvgIpc) is 2.87. The normalized spacial score (nSPS) is 10.2. The third-order valence-electron chi connectivity index (χ3n) is 2.39. The number of ether oxygens (including phenoxy) is 1. The summed E-state index contributed by atoms with van der Waals surface area (Å²) in [7, 11) is 0. The number of nitrogens with one attached hydrogen (secondary N) is 1. The van der Waals surface area contributed by atoms with Gasteiger partial charge in [-0.05, 0) is 35.6 Å². The van der Waals surface area contributed by atoms with Crippen molar-refractivity contribution in [3.05, 3.63) is 46.7 Å². The van der Waals surface area contributed by atoms with Crippen LogP contribution in [0.4, 0.5) is 5.69 Å². The highest BCUT2D eigenvalue weighted by Crippen LogP contribution is 2.16. The third kappa shape index (κ3) is 3.79. The Morgan fingerprint density at radius 1 is 1.29 bits per heavy atom. The van der Waals surface area contributed by atoms with Gasteiger partial charge in [-0.2, -0.15) is 11.3 Å². The van der Waals surface area contributed by atoms with Crippen molar-refractivity contribution >= 4 is 17.0 Å².